The molecule has 3 aromatic rings. The van der Waals surface area contributed by atoms with Crippen LogP contribution in [0.25, 0.3) is 10.9 Å². The summed E-state index contributed by atoms with van der Waals surface area (Å²) in [5, 5.41) is 0.458. The highest BCUT2D eigenvalue weighted by Gasteiger charge is 2.18. The fraction of sp³-hybridized carbons (Fsp3) is 0.263. The number of ether oxygens (including phenoxy) is 1. The maximum Gasteiger partial charge on any atom is 0.341 e. The average molecular weight is 369 g/mol. The standard InChI is InChI=1S/C19H19N3O5/c1-12-15(19(25)26-3)8-13(27-12)9-21(2)17(23)10-22-11-20-16-7-5-4-6-14(16)18(22)24/h4-8,11H,9-10H2,1-3H3. The number of esters is 1. The zero-order valence-corrected chi connectivity index (χ0v) is 15.3. The number of carbonyl (C=O) groups excluding carboxylic acids is 2. The molecule has 0 spiro atoms. The number of hydrogen-bond donors (Lipinski definition) is 0. The van der Waals surface area contributed by atoms with E-state index >= 15 is 0 Å². The number of rotatable bonds is 5. The predicted molar refractivity (Wildman–Crippen MR) is 97.3 cm³/mol. The zero-order chi connectivity index (χ0) is 19.6. The first kappa shape index (κ1) is 18.4. The van der Waals surface area contributed by atoms with Crippen molar-refractivity contribution in [2.45, 2.75) is 20.0 Å². The van der Waals surface area contributed by atoms with Gasteiger partial charge < -0.3 is 14.1 Å². The van der Waals surface area contributed by atoms with E-state index in [9.17, 15) is 14.4 Å². The molecule has 140 valence electrons. The number of nitrogens with zero attached hydrogens (tertiary/aromatic N) is 3. The van der Waals surface area contributed by atoms with Crippen molar-refractivity contribution < 1.29 is 18.7 Å². The largest absolute Gasteiger partial charge is 0.465 e. The molecular formula is C19H19N3O5. The lowest BCUT2D eigenvalue weighted by Crippen LogP contribution is -2.33. The summed E-state index contributed by atoms with van der Waals surface area (Å²) in [6.45, 7) is 1.67. The molecule has 0 unspecified atom stereocenters. The molecule has 0 aliphatic carbocycles. The van der Waals surface area contributed by atoms with Crippen molar-refractivity contribution in [3.05, 3.63) is 64.1 Å². The molecule has 2 aromatic heterocycles. The Labute approximate surface area is 155 Å². The first-order valence-corrected chi connectivity index (χ1v) is 8.26. The van der Waals surface area contributed by atoms with E-state index in [1.54, 1.807) is 44.3 Å². The molecule has 8 heteroatoms. The van der Waals surface area contributed by atoms with E-state index in [2.05, 4.69) is 9.72 Å². The summed E-state index contributed by atoms with van der Waals surface area (Å²) in [5.41, 5.74) is 0.633. The van der Waals surface area contributed by atoms with Crippen LogP contribution >= 0.6 is 0 Å². The van der Waals surface area contributed by atoms with Crippen LogP contribution in [0.4, 0.5) is 0 Å². The van der Waals surface area contributed by atoms with Gasteiger partial charge in [-0.1, -0.05) is 12.1 Å². The SMILES string of the molecule is COC(=O)c1cc(CN(C)C(=O)Cn2cnc3ccccc3c2=O)oc1C. The first-order chi connectivity index (χ1) is 12.9. The summed E-state index contributed by atoms with van der Waals surface area (Å²) in [5.74, 6) is 0.0912. The quantitative estimate of drug-likeness (QED) is 0.636. The van der Waals surface area contributed by atoms with Crippen LogP contribution in [0.15, 0.2) is 45.9 Å². The summed E-state index contributed by atoms with van der Waals surface area (Å²) in [6, 6.07) is 8.52. The van der Waals surface area contributed by atoms with Gasteiger partial charge in [-0.2, -0.15) is 0 Å². The van der Waals surface area contributed by atoms with Crippen molar-refractivity contribution in [1.29, 1.82) is 0 Å². The Balaban J connectivity index is 1.74. The number of amides is 1. The molecule has 27 heavy (non-hydrogen) atoms. The van der Waals surface area contributed by atoms with Crippen LogP contribution < -0.4 is 5.56 Å². The highest BCUT2D eigenvalue weighted by atomic mass is 16.5. The number of carbonyl (C=O) groups is 2. The monoisotopic (exact) mass is 369 g/mol. The van der Waals surface area contributed by atoms with E-state index in [4.69, 9.17) is 4.42 Å². The number of likely N-dealkylation sites (N-methyl/N-ethyl adjacent to an activating group) is 1. The second kappa shape index (κ2) is 7.45. The van der Waals surface area contributed by atoms with Crippen molar-refractivity contribution in [2.24, 2.45) is 0 Å². The maximum atomic E-state index is 12.5. The van der Waals surface area contributed by atoms with Crippen LogP contribution in [-0.2, 0) is 22.6 Å². The average Bonchev–Trinajstić information content (AvgIpc) is 3.03. The van der Waals surface area contributed by atoms with Gasteiger partial charge in [0.2, 0.25) is 5.91 Å². The highest BCUT2D eigenvalue weighted by molar-refractivity contribution is 5.90. The molecule has 0 aliphatic heterocycles. The third-order valence-electron chi connectivity index (χ3n) is 4.23. The Kier molecular flexibility index (Phi) is 5.07. The van der Waals surface area contributed by atoms with Crippen LogP contribution in [0.3, 0.4) is 0 Å². The second-order valence-corrected chi connectivity index (χ2v) is 6.12. The molecule has 0 aliphatic rings. The van der Waals surface area contributed by atoms with Gasteiger partial charge in [-0.3, -0.25) is 14.2 Å². The van der Waals surface area contributed by atoms with Crippen LogP contribution in [0.1, 0.15) is 21.9 Å². The van der Waals surface area contributed by atoms with E-state index in [1.165, 1.54) is 22.9 Å². The minimum absolute atomic E-state index is 0.142. The van der Waals surface area contributed by atoms with Gasteiger partial charge in [0.1, 0.15) is 23.6 Å². The van der Waals surface area contributed by atoms with Crippen LogP contribution in [0, 0.1) is 6.92 Å². The molecule has 0 N–H and O–H groups in total. The molecule has 0 saturated heterocycles. The number of para-hydroxylation sites is 1. The van der Waals surface area contributed by atoms with Crippen LogP contribution in [-0.4, -0.2) is 40.5 Å². The lowest BCUT2D eigenvalue weighted by Gasteiger charge is -2.16. The normalized spacial score (nSPS) is 10.8. The van der Waals surface area contributed by atoms with E-state index < -0.39 is 5.97 Å². The topological polar surface area (TPSA) is 94.6 Å². The fourth-order valence-corrected chi connectivity index (χ4v) is 2.74. The van der Waals surface area contributed by atoms with Gasteiger partial charge in [-0.25, -0.2) is 9.78 Å². The first-order valence-electron chi connectivity index (χ1n) is 8.26. The summed E-state index contributed by atoms with van der Waals surface area (Å²) < 4.78 is 11.5. The van der Waals surface area contributed by atoms with E-state index in [0.29, 0.717) is 28.0 Å². The smallest absolute Gasteiger partial charge is 0.341 e. The molecule has 1 aromatic carbocycles. The maximum absolute atomic E-state index is 12.5. The Morgan fingerprint density at radius 3 is 2.78 bits per heavy atom. The molecule has 8 nitrogen and oxygen atoms in total. The third-order valence-corrected chi connectivity index (χ3v) is 4.23. The van der Waals surface area contributed by atoms with Gasteiger partial charge in [0.05, 0.1) is 30.9 Å². The third kappa shape index (κ3) is 3.74. The van der Waals surface area contributed by atoms with Crippen LogP contribution in [0.5, 0.6) is 0 Å². The Morgan fingerprint density at radius 2 is 2.04 bits per heavy atom. The molecule has 0 saturated carbocycles. The van der Waals surface area contributed by atoms with Crippen LogP contribution in [0.2, 0.25) is 0 Å². The number of furan rings is 1. The molecular weight excluding hydrogens is 350 g/mol. The van der Waals surface area contributed by atoms with E-state index in [-0.39, 0.29) is 24.6 Å². The fourth-order valence-electron chi connectivity index (χ4n) is 2.74. The number of aromatic nitrogens is 2. The molecule has 0 atom stereocenters. The minimum Gasteiger partial charge on any atom is -0.465 e. The van der Waals surface area contributed by atoms with E-state index in [0.717, 1.165) is 0 Å². The molecule has 3 rings (SSSR count). The summed E-state index contributed by atoms with van der Waals surface area (Å²) >= 11 is 0. The molecule has 0 radical (unpaired) electrons. The van der Waals surface area contributed by atoms with Crippen molar-refractivity contribution in [3.8, 4) is 0 Å². The summed E-state index contributed by atoms with van der Waals surface area (Å²) in [7, 11) is 2.89. The second-order valence-electron chi connectivity index (χ2n) is 6.12. The van der Waals surface area contributed by atoms with Crippen molar-refractivity contribution in [1.82, 2.24) is 14.5 Å². The van der Waals surface area contributed by atoms with Gasteiger partial charge in [-0.15, -0.1) is 0 Å². The summed E-state index contributed by atoms with van der Waals surface area (Å²) in [6.07, 6.45) is 1.36. The number of methoxy groups -OCH3 is 1. The number of aryl methyl sites for hydroxylation is 1. The highest BCUT2D eigenvalue weighted by Crippen LogP contribution is 2.17. The van der Waals surface area contributed by atoms with Crippen molar-refractivity contribution >= 4 is 22.8 Å². The van der Waals surface area contributed by atoms with Gasteiger partial charge in [0, 0.05) is 7.05 Å². The summed E-state index contributed by atoms with van der Waals surface area (Å²) in [4.78, 5) is 42.2. The van der Waals surface area contributed by atoms with Gasteiger partial charge in [0.15, 0.2) is 0 Å². The molecule has 1 amide bonds. The Morgan fingerprint density at radius 1 is 1.30 bits per heavy atom. The van der Waals surface area contributed by atoms with Crippen molar-refractivity contribution in [2.75, 3.05) is 14.2 Å². The Hall–Kier alpha value is -3.42. The lowest BCUT2D eigenvalue weighted by molar-refractivity contribution is -0.131. The molecule has 0 bridgehead atoms. The zero-order valence-electron chi connectivity index (χ0n) is 15.3. The Bertz CT molecular complexity index is 1070. The minimum atomic E-state index is -0.495. The van der Waals surface area contributed by atoms with Gasteiger partial charge in [0.25, 0.3) is 5.56 Å². The lowest BCUT2D eigenvalue weighted by atomic mass is 10.2. The van der Waals surface area contributed by atoms with Gasteiger partial charge >= 0.3 is 5.97 Å². The van der Waals surface area contributed by atoms with Crippen molar-refractivity contribution in [3.63, 3.8) is 0 Å². The number of fused-ring (bicyclic) bond motifs is 1. The van der Waals surface area contributed by atoms with E-state index in [1.807, 2.05) is 0 Å². The number of benzene rings is 1. The molecule has 0 fully saturated rings. The molecule has 2 heterocycles. The number of hydrogen-bond acceptors (Lipinski definition) is 6. The predicted octanol–water partition coefficient (Wildman–Crippen LogP) is 1.74. The van der Waals surface area contributed by atoms with Gasteiger partial charge in [-0.05, 0) is 25.1 Å².